The number of methoxy groups -OCH3 is 1. The van der Waals surface area contributed by atoms with Crippen molar-refractivity contribution in [3.8, 4) is 0 Å². The van der Waals surface area contributed by atoms with Crippen LogP contribution in [-0.4, -0.2) is 61.6 Å². The second kappa shape index (κ2) is 5.57. The molecule has 2 aliphatic rings. The third-order valence-electron chi connectivity index (χ3n) is 4.54. The zero-order valence-corrected chi connectivity index (χ0v) is 11.9. The Kier molecular flexibility index (Phi) is 4.28. The second-order valence-electron chi connectivity index (χ2n) is 5.80. The molecule has 0 spiro atoms. The number of nitrogens with zero attached hydrogens (tertiary/aromatic N) is 2. The number of hydrogen-bond acceptors (Lipinski definition) is 3. The van der Waals surface area contributed by atoms with E-state index in [1.807, 2.05) is 4.90 Å². The van der Waals surface area contributed by atoms with E-state index in [2.05, 4.69) is 18.7 Å². The fourth-order valence-corrected chi connectivity index (χ4v) is 2.81. The monoisotopic (exact) mass is 254 g/mol. The van der Waals surface area contributed by atoms with Gasteiger partial charge in [-0.1, -0.05) is 6.92 Å². The molecule has 1 saturated carbocycles. The number of rotatable bonds is 5. The molecule has 4 nitrogen and oxygen atoms in total. The van der Waals surface area contributed by atoms with Gasteiger partial charge in [0.25, 0.3) is 0 Å². The number of carbonyl (C=O) groups is 1. The third kappa shape index (κ3) is 2.69. The highest BCUT2D eigenvalue weighted by molar-refractivity contribution is 5.85. The SMILES string of the molecule is CCC(C)N1CCN(C(=O)C2(COC)CC2)CC1. The van der Waals surface area contributed by atoms with E-state index in [0.717, 1.165) is 39.0 Å². The first-order chi connectivity index (χ1) is 8.63. The van der Waals surface area contributed by atoms with Crippen molar-refractivity contribution in [2.24, 2.45) is 5.41 Å². The number of amides is 1. The Morgan fingerprint density at radius 1 is 1.28 bits per heavy atom. The summed E-state index contributed by atoms with van der Waals surface area (Å²) in [7, 11) is 1.69. The molecule has 1 aliphatic heterocycles. The van der Waals surface area contributed by atoms with Crippen molar-refractivity contribution in [2.45, 2.75) is 39.2 Å². The van der Waals surface area contributed by atoms with E-state index < -0.39 is 0 Å². The summed E-state index contributed by atoms with van der Waals surface area (Å²) in [6.45, 7) is 8.89. The van der Waals surface area contributed by atoms with Crippen LogP contribution in [0.4, 0.5) is 0 Å². The van der Waals surface area contributed by atoms with Gasteiger partial charge in [0.2, 0.25) is 5.91 Å². The minimum Gasteiger partial charge on any atom is -0.384 e. The van der Waals surface area contributed by atoms with Gasteiger partial charge in [0.1, 0.15) is 0 Å². The largest absolute Gasteiger partial charge is 0.384 e. The summed E-state index contributed by atoms with van der Waals surface area (Å²) in [5.41, 5.74) is -0.159. The van der Waals surface area contributed by atoms with Crippen LogP contribution in [0.15, 0.2) is 0 Å². The summed E-state index contributed by atoms with van der Waals surface area (Å²) in [5.74, 6) is 0.327. The fourth-order valence-electron chi connectivity index (χ4n) is 2.81. The van der Waals surface area contributed by atoms with Gasteiger partial charge in [0.05, 0.1) is 12.0 Å². The van der Waals surface area contributed by atoms with Crippen molar-refractivity contribution in [3.63, 3.8) is 0 Å². The molecular formula is C14H26N2O2. The Morgan fingerprint density at radius 3 is 2.33 bits per heavy atom. The molecule has 1 aliphatic carbocycles. The van der Waals surface area contributed by atoms with Gasteiger partial charge in [0.15, 0.2) is 0 Å². The molecule has 0 bridgehead atoms. The summed E-state index contributed by atoms with van der Waals surface area (Å²) in [6, 6.07) is 0.635. The molecule has 1 amide bonds. The average molecular weight is 254 g/mol. The molecule has 4 heteroatoms. The normalized spacial score (nSPS) is 24.9. The zero-order chi connectivity index (χ0) is 13.2. The standard InChI is InChI=1S/C14H26N2O2/c1-4-12(2)15-7-9-16(10-8-15)13(17)14(5-6-14)11-18-3/h12H,4-11H2,1-3H3. The maximum atomic E-state index is 12.4. The van der Waals surface area contributed by atoms with Gasteiger partial charge >= 0.3 is 0 Å². The molecule has 2 fully saturated rings. The minimum absolute atomic E-state index is 0.159. The predicted molar refractivity (Wildman–Crippen MR) is 71.4 cm³/mol. The fraction of sp³-hybridized carbons (Fsp3) is 0.929. The molecule has 1 atom stereocenters. The smallest absolute Gasteiger partial charge is 0.231 e. The molecular weight excluding hydrogens is 228 g/mol. The van der Waals surface area contributed by atoms with Gasteiger partial charge in [-0.2, -0.15) is 0 Å². The van der Waals surface area contributed by atoms with Crippen molar-refractivity contribution in [1.82, 2.24) is 9.80 Å². The van der Waals surface area contributed by atoms with Crippen LogP contribution in [-0.2, 0) is 9.53 Å². The second-order valence-corrected chi connectivity index (χ2v) is 5.80. The first-order valence-electron chi connectivity index (χ1n) is 7.15. The summed E-state index contributed by atoms with van der Waals surface area (Å²) < 4.78 is 5.20. The highest BCUT2D eigenvalue weighted by atomic mass is 16.5. The van der Waals surface area contributed by atoms with Crippen LogP contribution >= 0.6 is 0 Å². The lowest BCUT2D eigenvalue weighted by Crippen LogP contribution is -2.53. The maximum Gasteiger partial charge on any atom is 0.231 e. The Bertz CT molecular complexity index is 294. The lowest BCUT2D eigenvalue weighted by Gasteiger charge is -2.39. The minimum atomic E-state index is -0.159. The quantitative estimate of drug-likeness (QED) is 0.742. The summed E-state index contributed by atoms with van der Waals surface area (Å²) in [4.78, 5) is 17.0. The van der Waals surface area contributed by atoms with Crippen LogP contribution in [0.2, 0.25) is 0 Å². The highest BCUT2D eigenvalue weighted by Crippen LogP contribution is 2.47. The van der Waals surface area contributed by atoms with Crippen LogP contribution in [0.1, 0.15) is 33.1 Å². The molecule has 2 rings (SSSR count). The Labute approximate surface area is 110 Å². The molecule has 18 heavy (non-hydrogen) atoms. The van der Waals surface area contributed by atoms with E-state index >= 15 is 0 Å². The van der Waals surface area contributed by atoms with Crippen molar-refractivity contribution in [2.75, 3.05) is 39.9 Å². The van der Waals surface area contributed by atoms with E-state index in [0.29, 0.717) is 18.6 Å². The van der Waals surface area contributed by atoms with Gasteiger partial charge in [-0.3, -0.25) is 9.69 Å². The van der Waals surface area contributed by atoms with Crippen molar-refractivity contribution in [3.05, 3.63) is 0 Å². The van der Waals surface area contributed by atoms with Gasteiger partial charge in [0, 0.05) is 39.3 Å². The average Bonchev–Trinajstić information content (AvgIpc) is 3.18. The molecule has 0 radical (unpaired) electrons. The highest BCUT2D eigenvalue weighted by Gasteiger charge is 2.52. The van der Waals surface area contributed by atoms with Gasteiger partial charge in [-0.25, -0.2) is 0 Å². The van der Waals surface area contributed by atoms with Crippen LogP contribution in [0.25, 0.3) is 0 Å². The zero-order valence-electron chi connectivity index (χ0n) is 11.9. The Hall–Kier alpha value is -0.610. The molecule has 0 aromatic carbocycles. The third-order valence-corrected chi connectivity index (χ3v) is 4.54. The molecule has 0 aromatic rings. The number of piperazine rings is 1. The molecule has 1 saturated heterocycles. The van der Waals surface area contributed by atoms with E-state index in [-0.39, 0.29) is 5.41 Å². The van der Waals surface area contributed by atoms with Gasteiger partial charge in [-0.05, 0) is 26.2 Å². The maximum absolute atomic E-state index is 12.4. The van der Waals surface area contributed by atoms with Crippen LogP contribution in [0.5, 0.6) is 0 Å². The van der Waals surface area contributed by atoms with Crippen molar-refractivity contribution >= 4 is 5.91 Å². The number of carbonyl (C=O) groups excluding carboxylic acids is 1. The van der Waals surface area contributed by atoms with Crippen molar-refractivity contribution < 1.29 is 9.53 Å². The summed E-state index contributed by atoms with van der Waals surface area (Å²) in [5, 5.41) is 0. The lowest BCUT2D eigenvalue weighted by molar-refractivity contribution is -0.141. The van der Waals surface area contributed by atoms with Gasteiger partial charge in [-0.15, -0.1) is 0 Å². The lowest BCUT2D eigenvalue weighted by atomic mass is 10.1. The predicted octanol–water partition coefficient (Wildman–Crippen LogP) is 1.36. The Morgan fingerprint density at radius 2 is 1.89 bits per heavy atom. The Balaban J connectivity index is 1.84. The molecule has 104 valence electrons. The number of ether oxygens (including phenoxy) is 1. The summed E-state index contributed by atoms with van der Waals surface area (Å²) >= 11 is 0. The van der Waals surface area contributed by atoms with E-state index in [1.54, 1.807) is 7.11 Å². The van der Waals surface area contributed by atoms with Crippen LogP contribution in [0.3, 0.4) is 0 Å². The molecule has 0 N–H and O–H groups in total. The van der Waals surface area contributed by atoms with Crippen molar-refractivity contribution in [1.29, 1.82) is 0 Å². The number of hydrogen-bond donors (Lipinski definition) is 0. The van der Waals surface area contributed by atoms with E-state index in [1.165, 1.54) is 6.42 Å². The van der Waals surface area contributed by atoms with Gasteiger partial charge < -0.3 is 9.64 Å². The van der Waals surface area contributed by atoms with E-state index in [9.17, 15) is 4.79 Å². The summed E-state index contributed by atoms with van der Waals surface area (Å²) in [6.07, 6.45) is 3.19. The molecule has 0 aromatic heterocycles. The first-order valence-corrected chi connectivity index (χ1v) is 7.15. The van der Waals surface area contributed by atoms with E-state index in [4.69, 9.17) is 4.74 Å². The molecule has 1 unspecified atom stereocenters. The van der Waals surface area contributed by atoms with Crippen LogP contribution in [0, 0.1) is 5.41 Å². The molecule has 1 heterocycles. The topological polar surface area (TPSA) is 32.8 Å². The first kappa shape index (κ1) is 13.8. The van der Waals surface area contributed by atoms with Crippen LogP contribution < -0.4 is 0 Å².